The lowest BCUT2D eigenvalue weighted by Crippen LogP contribution is -2.28. The van der Waals surface area contributed by atoms with E-state index in [0.29, 0.717) is 42.2 Å². The number of rotatable bonds is 8. The molecule has 0 saturated carbocycles. The topological polar surface area (TPSA) is 88.2 Å². The van der Waals surface area contributed by atoms with Crippen molar-refractivity contribution in [2.45, 2.75) is 33.1 Å². The van der Waals surface area contributed by atoms with E-state index in [1.165, 1.54) is 6.07 Å². The second kappa shape index (κ2) is 8.54. The molecule has 0 saturated heterocycles. The van der Waals surface area contributed by atoms with Gasteiger partial charge in [0.1, 0.15) is 5.82 Å². The number of aromatic nitrogens is 2. The maximum absolute atomic E-state index is 13.3. The molecule has 2 N–H and O–H groups in total. The van der Waals surface area contributed by atoms with Crippen molar-refractivity contribution in [1.29, 1.82) is 0 Å². The van der Waals surface area contributed by atoms with Gasteiger partial charge in [0.05, 0.1) is 0 Å². The third-order valence-electron chi connectivity index (χ3n) is 3.72. The summed E-state index contributed by atoms with van der Waals surface area (Å²) >= 11 is 0. The molecule has 1 heterocycles. The molecule has 0 bridgehead atoms. The van der Waals surface area contributed by atoms with Crippen LogP contribution in [0.15, 0.2) is 22.7 Å². The quantitative estimate of drug-likeness (QED) is 0.772. The molecule has 1 atom stereocenters. The highest BCUT2D eigenvalue weighted by molar-refractivity contribution is 5.76. The molecule has 2 aromatic rings. The number of nitrogens with zero attached hydrogens (tertiary/aromatic N) is 2. The Labute approximate surface area is 140 Å². The third kappa shape index (κ3) is 5.13. The monoisotopic (exact) mass is 335 g/mol. The van der Waals surface area contributed by atoms with Gasteiger partial charge < -0.3 is 14.9 Å². The van der Waals surface area contributed by atoms with Gasteiger partial charge in [0.2, 0.25) is 17.6 Å². The van der Waals surface area contributed by atoms with Crippen molar-refractivity contribution in [2.75, 3.05) is 13.2 Å². The molecule has 1 aromatic heterocycles. The zero-order valence-electron chi connectivity index (χ0n) is 13.9. The summed E-state index contributed by atoms with van der Waals surface area (Å²) in [5.74, 6) is 0.595. The summed E-state index contributed by atoms with van der Waals surface area (Å²) in [5, 5.41) is 15.5. The average Bonchev–Trinajstić information content (AvgIpc) is 3.03. The fourth-order valence-corrected chi connectivity index (χ4v) is 2.18. The van der Waals surface area contributed by atoms with Gasteiger partial charge in [-0.05, 0) is 43.0 Å². The van der Waals surface area contributed by atoms with Crippen LogP contribution in [0.5, 0.6) is 0 Å². The fourth-order valence-electron chi connectivity index (χ4n) is 2.18. The Hall–Kier alpha value is -2.28. The van der Waals surface area contributed by atoms with Crippen LogP contribution < -0.4 is 5.32 Å². The number of amides is 1. The van der Waals surface area contributed by atoms with Gasteiger partial charge in [0.25, 0.3) is 0 Å². The number of carbonyl (C=O) groups excluding carboxylic acids is 1. The van der Waals surface area contributed by atoms with Crippen LogP contribution in [0.3, 0.4) is 0 Å². The predicted octanol–water partition coefficient (Wildman–Crippen LogP) is 2.25. The standard InChI is InChI=1S/C17H22FN3O3/c1-11(7-8-22)10-19-15(23)5-6-16-20-17(21-24-16)13-3-4-14(18)12(2)9-13/h3-4,9,11,22H,5-8,10H2,1-2H3,(H,19,23). The van der Waals surface area contributed by atoms with Gasteiger partial charge in [-0.25, -0.2) is 4.39 Å². The van der Waals surface area contributed by atoms with Gasteiger partial charge in [0, 0.05) is 31.6 Å². The van der Waals surface area contributed by atoms with Crippen molar-refractivity contribution in [1.82, 2.24) is 15.5 Å². The van der Waals surface area contributed by atoms with Gasteiger partial charge in [-0.3, -0.25) is 4.79 Å². The van der Waals surface area contributed by atoms with Crippen LogP contribution in [0.4, 0.5) is 4.39 Å². The van der Waals surface area contributed by atoms with Gasteiger partial charge in [-0.2, -0.15) is 4.98 Å². The summed E-state index contributed by atoms with van der Waals surface area (Å²) in [5.41, 5.74) is 1.18. The van der Waals surface area contributed by atoms with Gasteiger partial charge in [-0.1, -0.05) is 12.1 Å². The van der Waals surface area contributed by atoms with Crippen LogP contribution >= 0.6 is 0 Å². The van der Waals surface area contributed by atoms with Crippen LogP contribution in [0.25, 0.3) is 11.4 Å². The molecule has 0 spiro atoms. The molecule has 1 amide bonds. The molecule has 0 aliphatic heterocycles. The Kier molecular flexibility index (Phi) is 6.43. The smallest absolute Gasteiger partial charge is 0.227 e. The number of aryl methyl sites for hydroxylation is 2. The minimum absolute atomic E-state index is 0.0998. The van der Waals surface area contributed by atoms with Crippen molar-refractivity contribution < 1.29 is 18.8 Å². The Balaban J connectivity index is 1.85. The van der Waals surface area contributed by atoms with Crippen molar-refractivity contribution in [3.63, 3.8) is 0 Å². The van der Waals surface area contributed by atoms with Crippen molar-refractivity contribution in [3.05, 3.63) is 35.5 Å². The summed E-state index contributed by atoms with van der Waals surface area (Å²) in [4.78, 5) is 16.0. The number of aliphatic hydroxyl groups excluding tert-OH is 1. The first kappa shape index (κ1) is 18.1. The largest absolute Gasteiger partial charge is 0.396 e. The van der Waals surface area contributed by atoms with E-state index in [0.717, 1.165) is 0 Å². The van der Waals surface area contributed by atoms with Gasteiger partial charge in [0.15, 0.2) is 0 Å². The van der Waals surface area contributed by atoms with E-state index in [4.69, 9.17) is 9.63 Å². The van der Waals surface area contributed by atoms with Crippen LogP contribution in [0.2, 0.25) is 0 Å². The van der Waals surface area contributed by atoms with Crippen LogP contribution in [0.1, 0.15) is 31.2 Å². The van der Waals surface area contributed by atoms with Crippen LogP contribution in [-0.4, -0.2) is 34.3 Å². The van der Waals surface area contributed by atoms with E-state index >= 15 is 0 Å². The van der Waals surface area contributed by atoms with E-state index in [-0.39, 0.29) is 30.7 Å². The average molecular weight is 335 g/mol. The molecule has 1 unspecified atom stereocenters. The second-order valence-electron chi connectivity index (χ2n) is 5.90. The number of halogens is 1. The number of hydrogen-bond donors (Lipinski definition) is 2. The fraction of sp³-hybridized carbons (Fsp3) is 0.471. The zero-order valence-corrected chi connectivity index (χ0v) is 13.9. The Bertz CT molecular complexity index is 687. The minimum Gasteiger partial charge on any atom is -0.396 e. The molecule has 0 aliphatic rings. The Morgan fingerprint density at radius 3 is 2.96 bits per heavy atom. The van der Waals surface area contributed by atoms with E-state index in [9.17, 15) is 9.18 Å². The highest BCUT2D eigenvalue weighted by Crippen LogP contribution is 2.19. The van der Waals surface area contributed by atoms with Crippen molar-refractivity contribution in [3.8, 4) is 11.4 Å². The van der Waals surface area contributed by atoms with Crippen molar-refractivity contribution >= 4 is 5.91 Å². The lowest BCUT2D eigenvalue weighted by Gasteiger charge is -2.10. The maximum atomic E-state index is 13.3. The van der Waals surface area contributed by atoms with Crippen LogP contribution in [-0.2, 0) is 11.2 Å². The predicted molar refractivity (Wildman–Crippen MR) is 86.6 cm³/mol. The summed E-state index contributed by atoms with van der Waals surface area (Å²) in [6.07, 6.45) is 1.24. The van der Waals surface area contributed by atoms with Crippen LogP contribution in [0, 0.1) is 18.7 Å². The summed E-state index contributed by atoms with van der Waals surface area (Å²) < 4.78 is 18.4. The maximum Gasteiger partial charge on any atom is 0.227 e. The summed E-state index contributed by atoms with van der Waals surface area (Å²) in [6, 6.07) is 4.60. The molecule has 130 valence electrons. The SMILES string of the molecule is Cc1cc(-c2noc(CCC(=O)NCC(C)CCO)n2)ccc1F. The Morgan fingerprint density at radius 2 is 2.25 bits per heavy atom. The van der Waals surface area contributed by atoms with Gasteiger partial charge >= 0.3 is 0 Å². The van der Waals surface area contributed by atoms with E-state index in [1.54, 1.807) is 19.1 Å². The Morgan fingerprint density at radius 1 is 1.46 bits per heavy atom. The minimum atomic E-state index is -0.283. The zero-order chi connectivity index (χ0) is 17.5. The number of hydrogen-bond acceptors (Lipinski definition) is 5. The first-order valence-electron chi connectivity index (χ1n) is 7.96. The lowest BCUT2D eigenvalue weighted by molar-refractivity contribution is -0.121. The van der Waals surface area contributed by atoms with E-state index < -0.39 is 0 Å². The first-order chi connectivity index (χ1) is 11.5. The highest BCUT2D eigenvalue weighted by atomic mass is 19.1. The summed E-state index contributed by atoms with van der Waals surface area (Å²) in [7, 11) is 0. The third-order valence-corrected chi connectivity index (χ3v) is 3.72. The molecule has 0 aliphatic carbocycles. The lowest BCUT2D eigenvalue weighted by atomic mass is 10.1. The molecular formula is C17H22FN3O3. The molecule has 0 fully saturated rings. The number of aliphatic hydroxyl groups is 1. The molecular weight excluding hydrogens is 313 g/mol. The number of nitrogens with one attached hydrogen (secondary N) is 1. The van der Waals surface area contributed by atoms with E-state index in [1.807, 2.05) is 6.92 Å². The molecule has 0 radical (unpaired) electrons. The molecule has 6 nitrogen and oxygen atoms in total. The molecule has 1 aromatic carbocycles. The molecule has 24 heavy (non-hydrogen) atoms. The number of carbonyl (C=O) groups is 1. The highest BCUT2D eigenvalue weighted by Gasteiger charge is 2.12. The summed E-state index contributed by atoms with van der Waals surface area (Å²) in [6.45, 7) is 4.28. The van der Waals surface area contributed by atoms with Crippen molar-refractivity contribution in [2.24, 2.45) is 5.92 Å². The van der Waals surface area contributed by atoms with Gasteiger partial charge in [-0.15, -0.1) is 0 Å². The molecule has 7 heteroatoms. The number of benzene rings is 1. The second-order valence-corrected chi connectivity index (χ2v) is 5.90. The van der Waals surface area contributed by atoms with E-state index in [2.05, 4.69) is 15.5 Å². The molecule has 2 rings (SSSR count). The normalized spacial score (nSPS) is 12.2. The first-order valence-corrected chi connectivity index (χ1v) is 7.96.